The highest BCUT2D eigenvalue weighted by molar-refractivity contribution is 9.10. The SMILES string of the molecule is COC(=O)CN1C(c2ccc(OC)cc2OC)Nc2ccc(Br)cc2C1c1ccccc1. The summed E-state index contributed by atoms with van der Waals surface area (Å²) in [6, 6.07) is 21.8. The third-order valence-electron chi connectivity index (χ3n) is 5.65. The summed E-state index contributed by atoms with van der Waals surface area (Å²) in [6.07, 6.45) is -0.339. The van der Waals surface area contributed by atoms with E-state index in [0.717, 1.165) is 26.9 Å². The van der Waals surface area contributed by atoms with Crippen LogP contribution < -0.4 is 14.8 Å². The Morgan fingerprint density at radius 2 is 1.75 bits per heavy atom. The second-order valence-electron chi connectivity index (χ2n) is 7.45. The molecule has 0 fully saturated rings. The molecule has 4 rings (SSSR count). The van der Waals surface area contributed by atoms with Gasteiger partial charge in [0.2, 0.25) is 0 Å². The van der Waals surface area contributed by atoms with Crippen molar-refractivity contribution >= 4 is 27.6 Å². The molecule has 1 aliphatic rings. The van der Waals surface area contributed by atoms with Crippen LogP contribution in [0.15, 0.2) is 71.2 Å². The summed E-state index contributed by atoms with van der Waals surface area (Å²) >= 11 is 3.60. The molecule has 1 heterocycles. The zero-order valence-electron chi connectivity index (χ0n) is 18.2. The minimum atomic E-state index is -0.339. The third kappa shape index (κ3) is 4.31. The van der Waals surface area contributed by atoms with Crippen LogP contribution in [0.5, 0.6) is 11.5 Å². The average molecular weight is 497 g/mol. The smallest absolute Gasteiger partial charge is 0.319 e. The van der Waals surface area contributed by atoms with E-state index in [2.05, 4.69) is 44.3 Å². The molecule has 1 N–H and O–H groups in total. The minimum absolute atomic E-state index is 0.0921. The predicted octanol–water partition coefficient (Wildman–Crippen LogP) is 5.16. The minimum Gasteiger partial charge on any atom is -0.497 e. The molecule has 3 aromatic rings. The first-order chi connectivity index (χ1) is 15.5. The lowest BCUT2D eigenvalue weighted by atomic mass is 9.91. The number of esters is 1. The molecule has 32 heavy (non-hydrogen) atoms. The van der Waals surface area contributed by atoms with Crippen LogP contribution in [0, 0.1) is 0 Å². The van der Waals surface area contributed by atoms with Gasteiger partial charge in [-0.1, -0.05) is 46.3 Å². The Balaban J connectivity index is 1.91. The normalized spacial score (nSPS) is 17.8. The lowest BCUT2D eigenvalue weighted by Gasteiger charge is -2.44. The average Bonchev–Trinajstić information content (AvgIpc) is 2.83. The van der Waals surface area contributed by atoms with Crippen LogP contribution in [0.25, 0.3) is 0 Å². The van der Waals surface area contributed by atoms with E-state index in [4.69, 9.17) is 14.2 Å². The maximum absolute atomic E-state index is 12.5. The van der Waals surface area contributed by atoms with Gasteiger partial charge in [-0.05, 0) is 41.5 Å². The fraction of sp³-hybridized carbons (Fsp3) is 0.240. The number of hydrogen-bond donors (Lipinski definition) is 1. The highest BCUT2D eigenvalue weighted by atomic mass is 79.9. The van der Waals surface area contributed by atoms with Gasteiger partial charge >= 0.3 is 5.97 Å². The molecule has 166 valence electrons. The molecular weight excluding hydrogens is 472 g/mol. The molecular formula is C25H25BrN2O4. The lowest BCUT2D eigenvalue weighted by Crippen LogP contribution is -2.44. The Hall–Kier alpha value is -3.03. The van der Waals surface area contributed by atoms with E-state index in [1.807, 2.05) is 48.5 Å². The second kappa shape index (κ2) is 9.63. The standard InChI is InChI=1S/C25H25BrN2O4/c1-30-18-10-11-19(22(14-18)31-2)25-27-21-12-9-17(26)13-20(21)24(16-7-5-4-6-8-16)28(25)15-23(29)32-3/h4-14,24-25,27H,15H2,1-3H3. The lowest BCUT2D eigenvalue weighted by molar-refractivity contribution is -0.143. The predicted molar refractivity (Wildman–Crippen MR) is 127 cm³/mol. The van der Waals surface area contributed by atoms with Crippen LogP contribution in [0.1, 0.15) is 28.9 Å². The molecule has 0 saturated carbocycles. The topological polar surface area (TPSA) is 60.0 Å². The fourth-order valence-corrected chi connectivity index (χ4v) is 4.53. The number of hydrogen-bond acceptors (Lipinski definition) is 6. The summed E-state index contributed by atoms with van der Waals surface area (Å²) in [4.78, 5) is 14.6. The molecule has 0 aliphatic carbocycles. The molecule has 0 bridgehead atoms. The molecule has 1 aliphatic heterocycles. The molecule has 2 unspecified atom stereocenters. The van der Waals surface area contributed by atoms with E-state index in [1.54, 1.807) is 14.2 Å². The number of methoxy groups -OCH3 is 3. The number of benzene rings is 3. The number of rotatable bonds is 6. The van der Waals surface area contributed by atoms with Crippen molar-refractivity contribution in [1.29, 1.82) is 0 Å². The van der Waals surface area contributed by atoms with E-state index in [-0.39, 0.29) is 24.7 Å². The summed E-state index contributed by atoms with van der Waals surface area (Å²) in [7, 11) is 4.66. The van der Waals surface area contributed by atoms with Crippen LogP contribution in [-0.2, 0) is 9.53 Å². The summed E-state index contributed by atoms with van der Waals surface area (Å²) in [6.45, 7) is 0.0921. The van der Waals surface area contributed by atoms with Gasteiger partial charge in [0, 0.05) is 21.8 Å². The maximum Gasteiger partial charge on any atom is 0.319 e. The number of fused-ring (bicyclic) bond motifs is 1. The van der Waals surface area contributed by atoms with Crippen molar-refractivity contribution < 1.29 is 19.0 Å². The molecule has 0 spiro atoms. The van der Waals surface area contributed by atoms with E-state index >= 15 is 0 Å². The molecule has 3 aromatic carbocycles. The van der Waals surface area contributed by atoms with Gasteiger partial charge in [0.15, 0.2) is 0 Å². The molecule has 7 heteroatoms. The monoisotopic (exact) mass is 496 g/mol. The highest BCUT2D eigenvalue weighted by Crippen LogP contribution is 2.46. The Labute approximate surface area is 196 Å². The van der Waals surface area contributed by atoms with Gasteiger partial charge in [-0.15, -0.1) is 0 Å². The van der Waals surface area contributed by atoms with Gasteiger partial charge in [-0.3, -0.25) is 9.69 Å². The maximum atomic E-state index is 12.5. The Kier molecular flexibility index (Phi) is 6.67. The van der Waals surface area contributed by atoms with Crippen molar-refractivity contribution in [1.82, 2.24) is 4.90 Å². The molecule has 0 radical (unpaired) electrons. The van der Waals surface area contributed by atoms with Crippen LogP contribution in [0.3, 0.4) is 0 Å². The number of nitrogens with one attached hydrogen (secondary N) is 1. The highest BCUT2D eigenvalue weighted by Gasteiger charge is 2.38. The second-order valence-corrected chi connectivity index (χ2v) is 8.36. The van der Waals surface area contributed by atoms with Crippen LogP contribution >= 0.6 is 15.9 Å². The van der Waals surface area contributed by atoms with Gasteiger partial charge < -0.3 is 19.5 Å². The van der Waals surface area contributed by atoms with Crippen LogP contribution in [-0.4, -0.2) is 38.7 Å². The summed E-state index contributed by atoms with van der Waals surface area (Å²) in [5, 5.41) is 3.61. The van der Waals surface area contributed by atoms with E-state index in [0.29, 0.717) is 11.5 Å². The molecule has 2 atom stereocenters. The van der Waals surface area contributed by atoms with Crippen molar-refractivity contribution in [2.45, 2.75) is 12.2 Å². The van der Waals surface area contributed by atoms with E-state index in [9.17, 15) is 4.79 Å². The molecule has 0 aromatic heterocycles. The first kappa shape index (κ1) is 22.2. The largest absolute Gasteiger partial charge is 0.497 e. The quantitative estimate of drug-likeness (QED) is 0.476. The van der Waals surface area contributed by atoms with Crippen molar-refractivity contribution in [3.63, 3.8) is 0 Å². The molecule has 6 nitrogen and oxygen atoms in total. The number of nitrogens with zero attached hydrogens (tertiary/aromatic N) is 1. The molecule has 0 saturated heterocycles. The Morgan fingerprint density at radius 1 is 0.969 bits per heavy atom. The van der Waals surface area contributed by atoms with Gasteiger partial charge in [-0.25, -0.2) is 0 Å². The zero-order valence-corrected chi connectivity index (χ0v) is 19.8. The first-order valence-corrected chi connectivity index (χ1v) is 11.0. The number of anilines is 1. The van der Waals surface area contributed by atoms with Gasteiger partial charge in [-0.2, -0.15) is 0 Å². The Morgan fingerprint density at radius 3 is 2.44 bits per heavy atom. The van der Waals surface area contributed by atoms with Gasteiger partial charge in [0.25, 0.3) is 0 Å². The Bertz CT molecular complexity index is 1110. The van der Waals surface area contributed by atoms with Gasteiger partial charge in [0.1, 0.15) is 17.7 Å². The van der Waals surface area contributed by atoms with Crippen molar-refractivity contribution in [3.8, 4) is 11.5 Å². The zero-order chi connectivity index (χ0) is 22.7. The summed E-state index contributed by atoms with van der Waals surface area (Å²) in [5.74, 6) is 1.05. The van der Waals surface area contributed by atoms with Crippen molar-refractivity contribution in [2.75, 3.05) is 33.2 Å². The third-order valence-corrected chi connectivity index (χ3v) is 6.15. The van der Waals surface area contributed by atoms with Crippen molar-refractivity contribution in [3.05, 3.63) is 87.9 Å². The summed E-state index contributed by atoms with van der Waals surface area (Å²) in [5.41, 5.74) is 4.03. The summed E-state index contributed by atoms with van der Waals surface area (Å²) < 4.78 is 17.1. The number of carbonyl (C=O) groups is 1. The number of halogens is 1. The van der Waals surface area contributed by atoms with E-state index < -0.39 is 0 Å². The van der Waals surface area contributed by atoms with Crippen LogP contribution in [0.4, 0.5) is 5.69 Å². The number of carbonyl (C=O) groups excluding carboxylic acids is 1. The van der Waals surface area contributed by atoms with E-state index in [1.165, 1.54) is 7.11 Å². The fourth-order valence-electron chi connectivity index (χ4n) is 4.15. The van der Waals surface area contributed by atoms with Crippen molar-refractivity contribution in [2.24, 2.45) is 0 Å². The first-order valence-electron chi connectivity index (χ1n) is 10.2. The number of ether oxygens (including phenoxy) is 3. The van der Waals surface area contributed by atoms with Gasteiger partial charge in [0.05, 0.1) is 33.9 Å². The van der Waals surface area contributed by atoms with Crippen LogP contribution in [0.2, 0.25) is 0 Å². The molecule has 0 amide bonds.